The molecule has 0 radical (unpaired) electrons. The van der Waals surface area contributed by atoms with E-state index < -0.39 is 0 Å². The van der Waals surface area contributed by atoms with Crippen LogP contribution < -0.4 is 15.8 Å². The first kappa shape index (κ1) is 22.3. The van der Waals surface area contributed by atoms with Gasteiger partial charge in [-0.25, -0.2) is 4.98 Å². The zero-order valence-electron chi connectivity index (χ0n) is 18.9. The van der Waals surface area contributed by atoms with Crippen LogP contribution in [0.15, 0.2) is 24.4 Å². The monoisotopic (exact) mass is 439 g/mol. The van der Waals surface area contributed by atoms with Gasteiger partial charge in [0.2, 0.25) is 5.95 Å². The minimum atomic E-state index is 0.241. The Morgan fingerprint density at radius 3 is 2.84 bits per heavy atom. The molecule has 172 valence electrons. The summed E-state index contributed by atoms with van der Waals surface area (Å²) in [5, 5.41) is 17.0. The lowest BCUT2D eigenvalue weighted by Gasteiger charge is -2.39. The van der Waals surface area contributed by atoms with Gasteiger partial charge in [-0.15, -0.1) is 0 Å². The van der Waals surface area contributed by atoms with Gasteiger partial charge in [-0.1, -0.05) is 25.5 Å². The van der Waals surface area contributed by atoms with Crippen molar-refractivity contribution >= 4 is 22.8 Å². The lowest BCUT2D eigenvalue weighted by molar-refractivity contribution is 0.0723. The molecule has 0 saturated carbocycles. The van der Waals surface area contributed by atoms with Crippen LogP contribution in [0.25, 0.3) is 11.0 Å². The number of nitrogens with one attached hydrogen (secondary N) is 1. The summed E-state index contributed by atoms with van der Waals surface area (Å²) in [6.07, 6.45) is 4.76. The van der Waals surface area contributed by atoms with Crippen molar-refractivity contribution in [2.75, 3.05) is 44.4 Å². The number of rotatable bonds is 11. The second-order valence-electron chi connectivity index (χ2n) is 8.47. The first-order valence-electron chi connectivity index (χ1n) is 11.3. The molecule has 1 aromatic carbocycles. The van der Waals surface area contributed by atoms with E-state index in [1.165, 1.54) is 5.56 Å². The maximum atomic E-state index is 9.07. The third kappa shape index (κ3) is 4.94. The number of hydrogen-bond donors (Lipinski definition) is 3. The van der Waals surface area contributed by atoms with E-state index >= 15 is 0 Å². The first-order valence-corrected chi connectivity index (χ1v) is 11.3. The quantitative estimate of drug-likeness (QED) is 0.391. The molecule has 1 aliphatic heterocycles. The van der Waals surface area contributed by atoms with Crippen molar-refractivity contribution < 1.29 is 9.84 Å². The van der Waals surface area contributed by atoms with Crippen LogP contribution in [0, 0.1) is 5.92 Å². The molecule has 3 heterocycles. The summed E-state index contributed by atoms with van der Waals surface area (Å²) in [5.41, 5.74) is 9.73. The van der Waals surface area contributed by atoms with Gasteiger partial charge < -0.3 is 20.9 Å². The molecule has 32 heavy (non-hydrogen) atoms. The minimum absolute atomic E-state index is 0.241. The molecule has 9 nitrogen and oxygen atoms in total. The van der Waals surface area contributed by atoms with E-state index in [-0.39, 0.29) is 12.6 Å². The first-order chi connectivity index (χ1) is 15.6. The molecule has 0 spiro atoms. The van der Waals surface area contributed by atoms with E-state index in [4.69, 9.17) is 15.6 Å². The molecule has 2 aromatic heterocycles. The Kier molecular flexibility index (Phi) is 7.06. The third-order valence-corrected chi connectivity index (χ3v) is 5.98. The molecule has 0 aliphatic carbocycles. The summed E-state index contributed by atoms with van der Waals surface area (Å²) in [6, 6.07) is 6.36. The number of fused-ring (bicyclic) bond motifs is 1. The lowest BCUT2D eigenvalue weighted by Crippen LogP contribution is -2.46. The predicted octanol–water partition coefficient (Wildman–Crippen LogP) is 2.49. The van der Waals surface area contributed by atoms with Crippen LogP contribution in [0.1, 0.15) is 37.3 Å². The number of likely N-dealkylation sites (tertiary alicyclic amines) is 1. The number of aromatic nitrogens is 4. The zero-order valence-corrected chi connectivity index (χ0v) is 18.9. The maximum Gasteiger partial charge on any atom is 0.222 e. The van der Waals surface area contributed by atoms with Crippen LogP contribution in [0.3, 0.4) is 0 Å². The highest BCUT2D eigenvalue weighted by molar-refractivity contribution is 5.86. The number of unbranched alkanes of at least 4 members (excludes halogenated alkanes) is 1. The van der Waals surface area contributed by atoms with Gasteiger partial charge in [0.25, 0.3) is 0 Å². The van der Waals surface area contributed by atoms with Crippen molar-refractivity contribution in [1.82, 2.24) is 24.6 Å². The zero-order chi connectivity index (χ0) is 22.5. The average Bonchev–Trinajstić information content (AvgIpc) is 3.15. The summed E-state index contributed by atoms with van der Waals surface area (Å²) in [4.78, 5) is 11.2. The number of ether oxygens (including phenoxy) is 1. The molecule has 1 saturated heterocycles. The van der Waals surface area contributed by atoms with Gasteiger partial charge in [0.1, 0.15) is 16.8 Å². The van der Waals surface area contributed by atoms with E-state index in [0.29, 0.717) is 18.3 Å². The van der Waals surface area contributed by atoms with E-state index in [0.717, 1.165) is 67.8 Å². The smallest absolute Gasteiger partial charge is 0.222 e. The number of aliphatic hydroxyl groups is 1. The normalized spacial score (nSPS) is 14.6. The van der Waals surface area contributed by atoms with Gasteiger partial charge in [-0.3, -0.25) is 9.58 Å². The van der Waals surface area contributed by atoms with Crippen LogP contribution >= 0.6 is 0 Å². The number of methoxy groups -OCH3 is 1. The molecular formula is C23H33N7O2. The molecule has 1 fully saturated rings. The van der Waals surface area contributed by atoms with Gasteiger partial charge in [-0.05, 0) is 30.4 Å². The van der Waals surface area contributed by atoms with Gasteiger partial charge in [-0.2, -0.15) is 10.1 Å². The van der Waals surface area contributed by atoms with Crippen molar-refractivity contribution in [3.8, 4) is 5.75 Å². The molecule has 0 atom stereocenters. The molecule has 3 aromatic rings. The van der Waals surface area contributed by atoms with Gasteiger partial charge >= 0.3 is 0 Å². The summed E-state index contributed by atoms with van der Waals surface area (Å²) in [5.74, 6) is 2.41. The summed E-state index contributed by atoms with van der Waals surface area (Å²) < 4.78 is 7.61. The van der Waals surface area contributed by atoms with Crippen LogP contribution in [0.5, 0.6) is 5.75 Å². The molecule has 4 rings (SSSR count). The van der Waals surface area contributed by atoms with Crippen molar-refractivity contribution in [2.45, 2.75) is 39.3 Å². The van der Waals surface area contributed by atoms with Crippen LogP contribution in [0.4, 0.5) is 11.8 Å². The number of benzene rings is 1. The Bertz CT molecular complexity index is 1050. The van der Waals surface area contributed by atoms with E-state index in [1.54, 1.807) is 13.3 Å². The summed E-state index contributed by atoms with van der Waals surface area (Å²) in [6.45, 7) is 6.77. The second kappa shape index (κ2) is 10.1. The Morgan fingerprint density at radius 1 is 1.25 bits per heavy atom. The van der Waals surface area contributed by atoms with Crippen molar-refractivity contribution in [2.24, 2.45) is 5.92 Å². The molecule has 0 bridgehead atoms. The number of nitrogen functional groups attached to an aromatic ring is 1. The minimum Gasteiger partial charge on any atom is -0.496 e. The topological polar surface area (TPSA) is 114 Å². The predicted molar refractivity (Wildman–Crippen MR) is 126 cm³/mol. The number of nitrogens with zero attached hydrogens (tertiary/aromatic N) is 5. The van der Waals surface area contributed by atoms with Gasteiger partial charge in [0.15, 0.2) is 5.82 Å². The highest BCUT2D eigenvalue weighted by Gasteiger charge is 2.26. The van der Waals surface area contributed by atoms with Crippen molar-refractivity contribution in [3.63, 3.8) is 0 Å². The van der Waals surface area contributed by atoms with Crippen LogP contribution in [-0.2, 0) is 13.1 Å². The Morgan fingerprint density at radius 2 is 2.09 bits per heavy atom. The third-order valence-electron chi connectivity index (χ3n) is 5.98. The Hall–Kier alpha value is -2.91. The van der Waals surface area contributed by atoms with Crippen LogP contribution in [-0.4, -0.2) is 63.1 Å². The number of anilines is 2. The second-order valence-corrected chi connectivity index (χ2v) is 8.47. The molecule has 9 heteroatoms. The number of aliphatic hydroxyl groups excluding tert-OH is 1. The Labute approximate surface area is 188 Å². The van der Waals surface area contributed by atoms with E-state index in [1.807, 2.05) is 4.68 Å². The highest BCUT2D eigenvalue weighted by atomic mass is 16.5. The summed E-state index contributed by atoms with van der Waals surface area (Å²) in [7, 11) is 1.70. The van der Waals surface area contributed by atoms with E-state index in [2.05, 4.69) is 50.4 Å². The molecule has 0 amide bonds. The SMILES string of the molecule is CCCCNc1nc(N)nc2cnn(Cc3ccc(CN4CC(CCO)C4)cc3OC)c12. The molecule has 4 N–H and O–H groups in total. The fraction of sp³-hybridized carbons (Fsp3) is 0.522. The Balaban J connectivity index is 1.52. The maximum absolute atomic E-state index is 9.07. The van der Waals surface area contributed by atoms with Gasteiger partial charge in [0.05, 0.1) is 19.9 Å². The van der Waals surface area contributed by atoms with Crippen molar-refractivity contribution in [1.29, 1.82) is 0 Å². The summed E-state index contributed by atoms with van der Waals surface area (Å²) >= 11 is 0. The molecule has 1 aliphatic rings. The fourth-order valence-corrected chi connectivity index (χ4v) is 4.25. The van der Waals surface area contributed by atoms with E-state index in [9.17, 15) is 0 Å². The van der Waals surface area contributed by atoms with Crippen LogP contribution in [0.2, 0.25) is 0 Å². The standard InChI is InChI=1S/C23H33N7O2/c1-3-4-8-25-22-21-19(27-23(24)28-22)11-26-30(21)15-18-6-5-16(10-20(18)32-2)12-29-13-17(14-29)7-9-31/h5-6,10-11,17,31H,3-4,7-9,12-15H2,1-2H3,(H3,24,25,27,28). The van der Waals surface area contributed by atoms with Crippen molar-refractivity contribution in [3.05, 3.63) is 35.5 Å². The molecule has 0 unspecified atom stereocenters. The fourth-order valence-electron chi connectivity index (χ4n) is 4.25. The number of hydrogen-bond acceptors (Lipinski definition) is 8. The largest absolute Gasteiger partial charge is 0.496 e. The lowest BCUT2D eigenvalue weighted by atomic mass is 9.96. The molecular weight excluding hydrogens is 406 g/mol. The highest BCUT2D eigenvalue weighted by Crippen LogP contribution is 2.27. The average molecular weight is 440 g/mol. The number of nitrogens with two attached hydrogens (primary N) is 1. The van der Waals surface area contributed by atoms with Gasteiger partial charge in [0, 0.05) is 38.3 Å².